The molecule has 0 aliphatic heterocycles. The van der Waals surface area contributed by atoms with E-state index in [1.165, 1.54) is 0 Å². The van der Waals surface area contributed by atoms with E-state index in [0.717, 1.165) is 45.2 Å². The van der Waals surface area contributed by atoms with Gasteiger partial charge in [-0.25, -0.2) is 0 Å². The summed E-state index contributed by atoms with van der Waals surface area (Å²) in [5.74, 6) is 0. The molecule has 0 aliphatic rings. The molecule has 3 aromatic carbocycles. The number of aldehydes is 2. The van der Waals surface area contributed by atoms with Crippen LogP contribution in [0.4, 0.5) is 0 Å². The van der Waals surface area contributed by atoms with Crippen LogP contribution in [0.1, 0.15) is 20.7 Å². The lowest BCUT2D eigenvalue weighted by Gasteiger charge is -2.04. The summed E-state index contributed by atoms with van der Waals surface area (Å²) in [6.07, 6.45) is 1.51. The van der Waals surface area contributed by atoms with Gasteiger partial charge in [0.15, 0.2) is 12.6 Å². The van der Waals surface area contributed by atoms with Crippen LogP contribution in [0.5, 0.6) is 0 Å². The van der Waals surface area contributed by atoms with Gasteiger partial charge in [-0.2, -0.15) is 0 Å². The number of hydrogen-bond donors (Lipinski definition) is 2. The van der Waals surface area contributed by atoms with Crippen molar-refractivity contribution >= 4 is 56.2 Å². The van der Waals surface area contributed by atoms with Gasteiger partial charge >= 0.3 is 0 Å². The van der Waals surface area contributed by atoms with Crippen molar-refractivity contribution in [1.82, 2.24) is 9.97 Å². The second-order valence-electron chi connectivity index (χ2n) is 5.90. The Kier molecular flexibility index (Phi) is 2.48. The standard InChI is InChI=1S/C20H12N2O2/c23-9-13-14(10-24)20-18(12-6-2-4-8-16(12)22-20)17-11-5-1-3-7-15(11)21-19(13)17/h1-10,21-22H. The van der Waals surface area contributed by atoms with E-state index in [1.54, 1.807) is 0 Å². The monoisotopic (exact) mass is 312 g/mol. The first-order valence-corrected chi connectivity index (χ1v) is 7.70. The Hall–Kier alpha value is -3.40. The molecule has 2 N–H and O–H groups in total. The highest BCUT2D eigenvalue weighted by molar-refractivity contribution is 6.32. The fourth-order valence-corrected chi connectivity index (χ4v) is 3.72. The van der Waals surface area contributed by atoms with E-state index in [1.807, 2.05) is 48.5 Å². The highest BCUT2D eigenvalue weighted by Crippen LogP contribution is 2.39. The fourth-order valence-electron chi connectivity index (χ4n) is 3.72. The van der Waals surface area contributed by atoms with Crippen LogP contribution < -0.4 is 0 Å². The zero-order valence-electron chi connectivity index (χ0n) is 12.6. The summed E-state index contributed by atoms with van der Waals surface area (Å²) in [7, 11) is 0. The molecule has 0 atom stereocenters. The van der Waals surface area contributed by atoms with Crippen LogP contribution in [0.2, 0.25) is 0 Å². The van der Waals surface area contributed by atoms with Crippen molar-refractivity contribution < 1.29 is 9.59 Å². The molecular weight excluding hydrogens is 300 g/mol. The van der Waals surface area contributed by atoms with Gasteiger partial charge in [-0.05, 0) is 12.1 Å². The van der Waals surface area contributed by atoms with E-state index in [2.05, 4.69) is 9.97 Å². The average molecular weight is 312 g/mol. The minimum atomic E-state index is 0.398. The minimum Gasteiger partial charge on any atom is -0.354 e. The molecule has 24 heavy (non-hydrogen) atoms. The van der Waals surface area contributed by atoms with Gasteiger partial charge in [0.1, 0.15) is 0 Å². The third-order valence-electron chi connectivity index (χ3n) is 4.73. The van der Waals surface area contributed by atoms with Crippen molar-refractivity contribution in [3.63, 3.8) is 0 Å². The van der Waals surface area contributed by atoms with E-state index >= 15 is 0 Å². The molecule has 0 radical (unpaired) electrons. The quantitative estimate of drug-likeness (QED) is 0.468. The lowest BCUT2D eigenvalue weighted by molar-refractivity contribution is 0.109. The average Bonchev–Trinajstić information content (AvgIpc) is 3.18. The van der Waals surface area contributed by atoms with Crippen molar-refractivity contribution in [2.24, 2.45) is 0 Å². The molecule has 4 heteroatoms. The topological polar surface area (TPSA) is 65.7 Å². The Morgan fingerprint density at radius 3 is 1.46 bits per heavy atom. The van der Waals surface area contributed by atoms with Crippen molar-refractivity contribution in [3.8, 4) is 0 Å². The fraction of sp³-hybridized carbons (Fsp3) is 0. The smallest absolute Gasteiger partial charge is 0.152 e. The first kappa shape index (κ1) is 13.1. The lowest BCUT2D eigenvalue weighted by atomic mass is 9.98. The van der Waals surface area contributed by atoms with Crippen LogP contribution >= 0.6 is 0 Å². The molecule has 0 aliphatic carbocycles. The minimum absolute atomic E-state index is 0.398. The second-order valence-corrected chi connectivity index (χ2v) is 5.90. The number of rotatable bonds is 2. The maximum absolute atomic E-state index is 11.7. The summed E-state index contributed by atoms with van der Waals surface area (Å²) >= 11 is 0. The number of aromatic amines is 2. The number of fused-ring (bicyclic) bond motifs is 7. The summed E-state index contributed by atoms with van der Waals surface area (Å²) < 4.78 is 0. The van der Waals surface area contributed by atoms with Gasteiger partial charge in [0.05, 0.1) is 22.2 Å². The van der Waals surface area contributed by atoms with Crippen molar-refractivity contribution in [1.29, 1.82) is 0 Å². The third kappa shape index (κ3) is 1.47. The lowest BCUT2D eigenvalue weighted by Crippen LogP contribution is -1.94. The molecule has 0 bridgehead atoms. The summed E-state index contributed by atoms with van der Waals surface area (Å²) in [5, 5.41) is 4.04. The van der Waals surface area contributed by atoms with Crippen molar-refractivity contribution in [2.75, 3.05) is 0 Å². The summed E-state index contributed by atoms with van der Waals surface area (Å²) in [6, 6.07) is 15.9. The first-order chi connectivity index (χ1) is 11.8. The number of nitrogens with one attached hydrogen (secondary N) is 2. The van der Waals surface area contributed by atoms with Crippen LogP contribution in [-0.2, 0) is 0 Å². The Morgan fingerprint density at radius 1 is 0.625 bits per heavy atom. The van der Waals surface area contributed by atoms with Crippen LogP contribution in [0, 0.1) is 0 Å². The van der Waals surface area contributed by atoms with E-state index < -0.39 is 0 Å². The number of aromatic nitrogens is 2. The maximum atomic E-state index is 11.7. The number of para-hydroxylation sites is 2. The molecule has 0 fully saturated rings. The third-order valence-corrected chi connectivity index (χ3v) is 4.73. The molecule has 2 aromatic heterocycles. The molecule has 0 amide bonds. The van der Waals surface area contributed by atoms with Crippen molar-refractivity contribution in [2.45, 2.75) is 0 Å². The van der Waals surface area contributed by atoms with Crippen LogP contribution in [-0.4, -0.2) is 22.5 Å². The number of hydrogen-bond acceptors (Lipinski definition) is 2. The molecule has 5 aromatic rings. The normalized spacial score (nSPS) is 11.7. The van der Waals surface area contributed by atoms with E-state index in [-0.39, 0.29) is 0 Å². The Balaban J connectivity index is 2.24. The number of carbonyl (C=O) groups excluding carboxylic acids is 2. The van der Waals surface area contributed by atoms with E-state index in [9.17, 15) is 9.59 Å². The zero-order chi connectivity index (χ0) is 16.3. The SMILES string of the molecule is O=Cc1c(C=O)c2[nH]c3ccccc3c2c2c1[nH]c1ccccc12. The molecule has 5 rings (SSSR count). The van der Waals surface area contributed by atoms with Gasteiger partial charge < -0.3 is 9.97 Å². The zero-order valence-corrected chi connectivity index (χ0v) is 12.6. The molecular formula is C20H12N2O2. The van der Waals surface area contributed by atoms with Gasteiger partial charge in [0.25, 0.3) is 0 Å². The molecule has 2 heterocycles. The summed E-state index contributed by atoms with van der Waals surface area (Å²) in [5.41, 5.74) is 4.12. The van der Waals surface area contributed by atoms with Gasteiger partial charge in [-0.3, -0.25) is 9.59 Å². The van der Waals surface area contributed by atoms with Gasteiger partial charge in [0.2, 0.25) is 0 Å². The highest BCUT2D eigenvalue weighted by Gasteiger charge is 2.20. The molecule has 0 unspecified atom stereocenters. The van der Waals surface area contributed by atoms with Crippen LogP contribution in [0.3, 0.4) is 0 Å². The second kappa shape index (κ2) is 4.55. The van der Waals surface area contributed by atoms with Crippen LogP contribution in [0.25, 0.3) is 43.6 Å². The maximum Gasteiger partial charge on any atom is 0.152 e. The Morgan fingerprint density at radius 2 is 1.04 bits per heavy atom. The van der Waals surface area contributed by atoms with E-state index in [0.29, 0.717) is 22.2 Å². The number of benzene rings is 3. The Labute approximate surface area is 136 Å². The van der Waals surface area contributed by atoms with Gasteiger partial charge in [0, 0.05) is 32.6 Å². The molecule has 0 saturated heterocycles. The van der Waals surface area contributed by atoms with Gasteiger partial charge in [-0.15, -0.1) is 0 Å². The Bertz CT molecular complexity index is 1190. The largest absolute Gasteiger partial charge is 0.354 e. The van der Waals surface area contributed by atoms with Gasteiger partial charge in [-0.1, -0.05) is 36.4 Å². The highest BCUT2D eigenvalue weighted by atomic mass is 16.1. The van der Waals surface area contributed by atoms with Crippen molar-refractivity contribution in [3.05, 3.63) is 59.7 Å². The summed E-state index contributed by atoms with van der Waals surface area (Å²) in [4.78, 5) is 30.1. The first-order valence-electron chi connectivity index (χ1n) is 7.70. The molecule has 114 valence electrons. The van der Waals surface area contributed by atoms with Crippen LogP contribution in [0.15, 0.2) is 48.5 Å². The summed E-state index contributed by atoms with van der Waals surface area (Å²) in [6.45, 7) is 0. The molecule has 0 spiro atoms. The number of H-pyrrole nitrogens is 2. The van der Waals surface area contributed by atoms with E-state index in [4.69, 9.17) is 0 Å². The predicted octanol–water partition coefficient (Wildman–Crippen LogP) is 4.58. The molecule has 4 nitrogen and oxygen atoms in total. The molecule has 0 saturated carbocycles. The predicted molar refractivity (Wildman–Crippen MR) is 95.9 cm³/mol. The number of carbonyl (C=O) groups is 2.